The highest BCUT2D eigenvalue weighted by molar-refractivity contribution is 4.74. The molecule has 1 rings (SSSR count). The zero-order chi connectivity index (χ0) is 7.72. The van der Waals surface area contributed by atoms with Crippen molar-refractivity contribution in [2.45, 2.75) is 38.8 Å². The van der Waals surface area contributed by atoms with Gasteiger partial charge in [0, 0.05) is 0 Å². The minimum Gasteiger partial charge on any atom is -0.347 e. The molecule has 0 amide bonds. The summed E-state index contributed by atoms with van der Waals surface area (Å²) >= 11 is 0. The average Bonchev–Trinajstić information content (AvgIpc) is 2.10. The molecule has 1 saturated heterocycles. The summed E-state index contributed by atoms with van der Waals surface area (Å²) in [6.07, 6.45) is -4.47. The van der Waals surface area contributed by atoms with Crippen LogP contribution in [-0.4, -0.2) is 24.9 Å². The third-order valence-electron chi connectivity index (χ3n) is 1.47. The van der Waals surface area contributed by atoms with E-state index in [0.717, 1.165) is 0 Å². The van der Waals surface area contributed by atoms with Crippen molar-refractivity contribution in [3.8, 4) is 0 Å². The zero-order valence-electron chi connectivity index (χ0n) is 5.88. The molecule has 1 aliphatic heterocycles. The van der Waals surface area contributed by atoms with Gasteiger partial charge in [0.1, 0.15) is 6.10 Å². The Morgan fingerprint density at radius 2 is 1.80 bits per heavy atom. The van der Waals surface area contributed by atoms with Crippen LogP contribution in [0.5, 0.6) is 0 Å². The monoisotopic (exact) mass is 152 g/mol. The van der Waals surface area contributed by atoms with Crippen molar-refractivity contribution >= 4 is 0 Å². The van der Waals surface area contributed by atoms with Gasteiger partial charge in [0.15, 0.2) is 6.29 Å². The lowest BCUT2D eigenvalue weighted by Gasteiger charge is -2.09. The van der Waals surface area contributed by atoms with E-state index in [4.69, 9.17) is 9.47 Å². The molecular formula is C6H10F2O2. The third-order valence-corrected chi connectivity index (χ3v) is 1.47. The maximum absolute atomic E-state index is 12.0. The Kier molecular flexibility index (Phi) is 2.21. The minimum atomic E-state index is -2.44. The molecule has 10 heavy (non-hydrogen) atoms. The van der Waals surface area contributed by atoms with E-state index in [0.29, 0.717) is 0 Å². The predicted octanol–water partition coefficient (Wildman–Crippen LogP) is 1.40. The second-order valence-corrected chi connectivity index (χ2v) is 2.34. The first-order valence-corrected chi connectivity index (χ1v) is 3.20. The van der Waals surface area contributed by atoms with Crippen LogP contribution in [0.4, 0.5) is 8.78 Å². The molecule has 1 heterocycles. The SMILES string of the molecule is CC1OC(C)C(C(F)F)O1. The first-order valence-electron chi connectivity index (χ1n) is 3.20. The molecule has 1 fully saturated rings. The molecule has 0 aromatic heterocycles. The average molecular weight is 152 g/mol. The summed E-state index contributed by atoms with van der Waals surface area (Å²) < 4.78 is 33.6. The van der Waals surface area contributed by atoms with Gasteiger partial charge >= 0.3 is 0 Å². The van der Waals surface area contributed by atoms with Gasteiger partial charge < -0.3 is 9.47 Å². The van der Waals surface area contributed by atoms with Gasteiger partial charge in [-0.05, 0) is 13.8 Å². The second kappa shape index (κ2) is 2.80. The van der Waals surface area contributed by atoms with Gasteiger partial charge in [-0.15, -0.1) is 0 Å². The zero-order valence-corrected chi connectivity index (χ0v) is 5.88. The Morgan fingerprint density at radius 1 is 1.20 bits per heavy atom. The van der Waals surface area contributed by atoms with Crippen molar-refractivity contribution in [2.75, 3.05) is 0 Å². The molecule has 60 valence electrons. The molecular weight excluding hydrogens is 142 g/mol. The van der Waals surface area contributed by atoms with Crippen LogP contribution < -0.4 is 0 Å². The number of rotatable bonds is 1. The Hall–Kier alpha value is -0.220. The van der Waals surface area contributed by atoms with E-state index in [2.05, 4.69) is 0 Å². The molecule has 4 heteroatoms. The Morgan fingerprint density at radius 3 is 2.00 bits per heavy atom. The van der Waals surface area contributed by atoms with Crippen molar-refractivity contribution in [1.29, 1.82) is 0 Å². The van der Waals surface area contributed by atoms with E-state index in [1.54, 1.807) is 13.8 Å². The van der Waals surface area contributed by atoms with Crippen LogP contribution in [0.1, 0.15) is 13.8 Å². The van der Waals surface area contributed by atoms with Crippen LogP contribution in [-0.2, 0) is 9.47 Å². The van der Waals surface area contributed by atoms with Crippen LogP contribution in [0.3, 0.4) is 0 Å². The van der Waals surface area contributed by atoms with Gasteiger partial charge in [0.2, 0.25) is 0 Å². The molecule has 3 atom stereocenters. The van der Waals surface area contributed by atoms with Crippen molar-refractivity contribution in [2.24, 2.45) is 0 Å². The van der Waals surface area contributed by atoms with E-state index in [-0.39, 0.29) is 0 Å². The fraction of sp³-hybridized carbons (Fsp3) is 1.00. The fourth-order valence-corrected chi connectivity index (χ4v) is 1.01. The first-order chi connectivity index (χ1) is 4.61. The van der Waals surface area contributed by atoms with Crippen molar-refractivity contribution in [3.05, 3.63) is 0 Å². The molecule has 0 bridgehead atoms. The highest BCUT2D eigenvalue weighted by atomic mass is 19.3. The molecule has 0 saturated carbocycles. The quantitative estimate of drug-likeness (QED) is 0.565. The van der Waals surface area contributed by atoms with Crippen molar-refractivity contribution in [3.63, 3.8) is 0 Å². The molecule has 1 aliphatic rings. The lowest BCUT2D eigenvalue weighted by molar-refractivity contribution is -0.0772. The first kappa shape index (κ1) is 7.88. The van der Waals surface area contributed by atoms with Crippen LogP contribution >= 0.6 is 0 Å². The van der Waals surface area contributed by atoms with Crippen LogP contribution in [0, 0.1) is 0 Å². The summed E-state index contributed by atoms with van der Waals surface area (Å²) in [5, 5.41) is 0. The maximum atomic E-state index is 12.0. The number of ether oxygens (including phenoxy) is 2. The molecule has 0 aliphatic carbocycles. The van der Waals surface area contributed by atoms with Gasteiger partial charge in [-0.1, -0.05) is 0 Å². The lowest BCUT2D eigenvalue weighted by Crippen LogP contribution is -2.27. The molecule has 0 aromatic carbocycles. The topological polar surface area (TPSA) is 18.5 Å². The highest BCUT2D eigenvalue weighted by Crippen LogP contribution is 2.23. The Labute approximate surface area is 58.1 Å². The summed E-state index contributed by atoms with van der Waals surface area (Å²) in [5.41, 5.74) is 0. The minimum absolute atomic E-state index is 0.491. The van der Waals surface area contributed by atoms with Gasteiger partial charge in [0.05, 0.1) is 6.10 Å². The van der Waals surface area contributed by atoms with E-state index in [9.17, 15) is 8.78 Å². The van der Waals surface area contributed by atoms with Crippen LogP contribution in [0.25, 0.3) is 0 Å². The summed E-state index contributed by atoms with van der Waals surface area (Å²) in [6, 6.07) is 0. The van der Waals surface area contributed by atoms with Crippen molar-refractivity contribution < 1.29 is 18.3 Å². The second-order valence-electron chi connectivity index (χ2n) is 2.34. The molecule has 0 aromatic rings. The fourth-order valence-electron chi connectivity index (χ4n) is 1.01. The van der Waals surface area contributed by atoms with Gasteiger partial charge in [0.25, 0.3) is 6.43 Å². The molecule has 2 nitrogen and oxygen atoms in total. The highest BCUT2D eigenvalue weighted by Gasteiger charge is 2.36. The van der Waals surface area contributed by atoms with E-state index in [1.807, 2.05) is 0 Å². The summed E-state index contributed by atoms with van der Waals surface area (Å²) in [5.74, 6) is 0. The normalized spacial score (nSPS) is 41.1. The van der Waals surface area contributed by atoms with Crippen LogP contribution in [0.15, 0.2) is 0 Å². The van der Waals surface area contributed by atoms with Crippen LogP contribution in [0.2, 0.25) is 0 Å². The molecule has 3 unspecified atom stereocenters. The van der Waals surface area contributed by atoms with E-state index < -0.39 is 24.9 Å². The Bertz CT molecular complexity index is 118. The molecule has 0 radical (unpaired) electrons. The van der Waals surface area contributed by atoms with Gasteiger partial charge in [-0.25, -0.2) is 8.78 Å². The van der Waals surface area contributed by atoms with Crippen molar-refractivity contribution in [1.82, 2.24) is 0 Å². The van der Waals surface area contributed by atoms with Gasteiger partial charge in [-0.3, -0.25) is 0 Å². The smallest absolute Gasteiger partial charge is 0.267 e. The Balaban J connectivity index is 2.46. The predicted molar refractivity (Wildman–Crippen MR) is 30.9 cm³/mol. The summed E-state index contributed by atoms with van der Waals surface area (Å²) in [7, 11) is 0. The number of halogens is 2. The number of hydrogen-bond donors (Lipinski definition) is 0. The number of alkyl halides is 2. The summed E-state index contributed by atoms with van der Waals surface area (Å²) in [6.45, 7) is 3.19. The maximum Gasteiger partial charge on any atom is 0.267 e. The molecule has 0 spiro atoms. The van der Waals surface area contributed by atoms with Gasteiger partial charge in [-0.2, -0.15) is 0 Å². The third kappa shape index (κ3) is 1.44. The molecule has 0 N–H and O–H groups in total. The lowest BCUT2D eigenvalue weighted by atomic mass is 10.2. The van der Waals surface area contributed by atoms with E-state index >= 15 is 0 Å². The standard InChI is InChI=1S/C6H10F2O2/c1-3-5(6(7)8)10-4(2)9-3/h3-6H,1-2H3. The van der Waals surface area contributed by atoms with E-state index in [1.165, 1.54) is 0 Å². The largest absolute Gasteiger partial charge is 0.347 e. The summed E-state index contributed by atoms with van der Waals surface area (Å²) in [4.78, 5) is 0. The number of hydrogen-bond acceptors (Lipinski definition) is 2.